The van der Waals surface area contributed by atoms with Crippen molar-refractivity contribution in [2.24, 2.45) is 4.99 Å². The van der Waals surface area contributed by atoms with Gasteiger partial charge < -0.3 is 29.3 Å². The number of hydrogen-bond donors (Lipinski definition) is 2. The van der Waals surface area contributed by atoms with E-state index in [0.29, 0.717) is 30.7 Å². The summed E-state index contributed by atoms with van der Waals surface area (Å²) < 4.78 is 17.5. The van der Waals surface area contributed by atoms with E-state index in [1.807, 2.05) is 29.2 Å². The van der Waals surface area contributed by atoms with E-state index in [-0.39, 0.29) is 12.7 Å². The van der Waals surface area contributed by atoms with Gasteiger partial charge in [0.15, 0.2) is 11.9 Å². The zero-order valence-electron chi connectivity index (χ0n) is 19.3. The number of nitrogens with zero attached hydrogens (tertiary/aromatic N) is 3. The van der Waals surface area contributed by atoms with Gasteiger partial charge in [0, 0.05) is 29.9 Å². The molecule has 8 nitrogen and oxygen atoms in total. The lowest BCUT2D eigenvalue weighted by Gasteiger charge is -2.37. The van der Waals surface area contributed by atoms with Crippen LogP contribution in [0.4, 0.5) is 0 Å². The zero-order valence-corrected chi connectivity index (χ0v) is 19.3. The summed E-state index contributed by atoms with van der Waals surface area (Å²) in [5.74, 6) is 7.67. The summed E-state index contributed by atoms with van der Waals surface area (Å²) in [5.41, 5.74) is 3.08. The van der Waals surface area contributed by atoms with Crippen LogP contribution >= 0.6 is 0 Å². The summed E-state index contributed by atoms with van der Waals surface area (Å²) in [4.78, 5) is 10.3. The molecule has 4 heterocycles. The molecule has 0 bridgehead atoms. The molecule has 1 aliphatic carbocycles. The van der Waals surface area contributed by atoms with Crippen molar-refractivity contribution >= 4 is 11.6 Å². The largest absolute Gasteiger partial charge is 0.478 e. The van der Waals surface area contributed by atoms with Crippen LogP contribution in [0, 0.1) is 11.8 Å². The second-order valence-electron chi connectivity index (χ2n) is 9.32. The Labute approximate surface area is 203 Å². The fourth-order valence-electron chi connectivity index (χ4n) is 4.95. The third kappa shape index (κ3) is 4.45. The van der Waals surface area contributed by atoms with Crippen LogP contribution in [0.15, 0.2) is 47.6 Å². The normalized spacial score (nSPS) is 23.8. The molecule has 0 amide bonds. The Kier molecular flexibility index (Phi) is 5.59. The van der Waals surface area contributed by atoms with Crippen molar-refractivity contribution in [1.82, 2.24) is 9.88 Å². The van der Waals surface area contributed by atoms with Crippen LogP contribution in [0.25, 0.3) is 5.70 Å². The summed E-state index contributed by atoms with van der Waals surface area (Å²) in [6, 6.07) is 9.66. The van der Waals surface area contributed by atoms with Crippen LogP contribution in [0.5, 0.6) is 11.6 Å². The van der Waals surface area contributed by atoms with E-state index in [4.69, 9.17) is 14.2 Å². The molecule has 0 radical (unpaired) electrons. The Bertz CT molecular complexity index is 1250. The maximum Gasteiger partial charge on any atom is 0.257 e. The van der Waals surface area contributed by atoms with Crippen molar-refractivity contribution in [3.8, 4) is 23.5 Å². The number of aliphatic hydroxyl groups excluding tert-OH is 1. The van der Waals surface area contributed by atoms with Gasteiger partial charge in [-0.3, -0.25) is 0 Å². The van der Waals surface area contributed by atoms with Crippen molar-refractivity contribution in [2.75, 3.05) is 19.8 Å². The van der Waals surface area contributed by atoms with Crippen molar-refractivity contribution < 1.29 is 24.4 Å². The van der Waals surface area contributed by atoms with Gasteiger partial charge in [0.2, 0.25) is 12.2 Å². The van der Waals surface area contributed by atoms with Crippen LogP contribution in [-0.2, 0) is 11.2 Å². The van der Waals surface area contributed by atoms with Gasteiger partial charge in [-0.15, -0.1) is 0 Å². The molecule has 1 saturated carbocycles. The number of aliphatic imine (C=N–C) groups is 1. The highest BCUT2D eigenvalue weighted by molar-refractivity contribution is 5.97. The smallest absolute Gasteiger partial charge is 0.257 e. The highest BCUT2D eigenvalue weighted by Gasteiger charge is 2.31. The standard InChI is InChI=1S/C27H27N3O5/c31-26-29-24(33-16-20-17-34-25-23(35-20)4-3-12-28-25)15-22-21-6-5-18(14-19(21)8-13-30(22)26)7-11-27(32)9-1-2-10-27/h3-6,12,14-15,20,26,31-32H,1-2,8-10,13,16-17H2. The Morgan fingerprint density at radius 3 is 3.00 bits per heavy atom. The predicted octanol–water partition coefficient (Wildman–Crippen LogP) is 2.48. The second kappa shape index (κ2) is 8.91. The number of benzene rings is 1. The van der Waals surface area contributed by atoms with Crippen LogP contribution in [0.3, 0.4) is 0 Å². The number of fused-ring (bicyclic) bond motifs is 4. The quantitative estimate of drug-likeness (QED) is 0.647. The summed E-state index contributed by atoms with van der Waals surface area (Å²) >= 11 is 0. The molecule has 8 heteroatoms. The van der Waals surface area contributed by atoms with Crippen molar-refractivity contribution in [1.29, 1.82) is 0 Å². The maximum atomic E-state index is 10.7. The lowest BCUT2D eigenvalue weighted by atomic mass is 9.93. The van der Waals surface area contributed by atoms with Gasteiger partial charge in [-0.2, -0.15) is 4.99 Å². The Hall–Kier alpha value is -3.54. The molecule has 6 rings (SSSR count). The predicted molar refractivity (Wildman–Crippen MR) is 129 cm³/mol. The molecular formula is C27H27N3O5. The molecule has 2 unspecified atom stereocenters. The molecule has 1 fully saturated rings. The molecule has 4 aliphatic rings. The number of ether oxygens (including phenoxy) is 3. The van der Waals surface area contributed by atoms with E-state index in [1.165, 1.54) is 0 Å². The second-order valence-corrected chi connectivity index (χ2v) is 9.32. The minimum atomic E-state index is -1.01. The van der Waals surface area contributed by atoms with Crippen LogP contribution in [0.1, 0.15) is 42.4 Å². The van der Waals surface area contributed by atoms with E-state index < -0.39 is 12.0 Å². The molecule has 1 aromatic heterocycles. The highest BCUT2D eigenvalue weighted by atomic mass is 16.6. The lowest BCUT2D eigenvalue weighted by molar-refractivity contribution is 0.0348. The molecule has 1 aromatic carbocycles. The van der Waals surface area contributed by atoms with E-state index in [9.17, 15) is 10.2 Å². The number of aliphatic hydroxyl groups is 2. The Morgan fingerprint density at radius 1 is 1.23 bits per heavy atom. The summed E-state index contributed by atoms with van der Waals surface area (Å²) in [5, 5.41) is 21.2. The SMILES string of the molecule is OC1N=C(OCC2COc3ncccc3O2)C=C2c3ccc(C#CC4(O)CCCC4)cc3CCN21. The summed E-state index contributed by atoms with van der Waals surface area (Å²) in [6.07, 6.45) is 6.51. The Balaban J connectivity index is 1.18. The van der Waals surface area contributed by atoms with Gasteiger partial charge in [-0.25, -0.2) is 4.98 Å². The molecule has 0 saturated heterocycles. The van der Waals surface area contributed by atoms with Crippen LogP contribution in [-0.4, -0.2) is 63.8 Å². The van der Waals surface area contributed by atoms with Gasteiger partial charge >= 0.3 is 0 Å². The fourth-order valence-corrected chi connectivity index (χ4v) is 4.95. The van der Waals surface area contributed by atoms with Crippen molar-refractivity contribution in [2.45, 2.75) is 50.2 Å². The van der Waals surface area contributed by atoms with E-state index in [1.54, 1.807) is 12.3 Å². The molecule has 180 valence electrons. The first-order valence-corrected chi connectivity index (χ1v) is 12.1. The lowest BCUT2D eigenvalue weighted by Crippen LogP contribution is -2.41. The number of pyridine rings is 1. The Morgan fingerprint density at radius 2 is 2.11 bits per heavy atom. The first-order valence-electron chi connectivity index (χ1n) is 12.1. The molecular weight excluding hydrogens is 446 g/mol. The van der Waals surface area contributed by atoms with Gasteiger partial charge in [0.25, 0.3) is 5.88 Å². The minimum absolute atomic E-state index is 0.230. The first-order chi connectivity index (χ1) is 17.1. The monoisotopic (exact) mass is 473 g/mol. The first kappa shape index (κ1) is 22.0. The van der Waals surface area contributed by atoms with Crippen LogP contribution < -0.4 is 9.47 Å². The average molecular weight is 474 g/mol. The highest BCUT2D eigenvalue weighted by Crippen LogP contribution is 2.34. The number of hydrogen-bond acceptors (Lipinski definition) is 8. The van der Waals surface area contributed by atoms with Gasteiger partial charge in [0.1, 0.15) is 18.8 Å². The van der Waals surface area contributed by atoms with Crippen LogP contribution in [0.2, 0.25) is 0 Å². The molecule has 2 atom stereocenters. The third-order valence-corrected chi connectivity index (χ3v) is 6.82. The number of aromatic nitrogens is 1. The molecule has 2 N–H and O–H groups in total. The molecule has 0 spiro atoms. The van der Waals surface area contributed by atoms with Crippen molar-refractivity contribution in [3.05, 3.63) is 59.3 Å². The van der Waals surface area contributed by atoms with Gasteiger partial charge in [-0.1, -0.05) is 17.9 Å². The summed E-state index contributed by atoms with van der Waals surface area (Å²) in [7, 11) is 0. The van der Waals surface area contributed by atoms with Gasteiger partial charge in [-0.05, 0) is 61.9 Å². The van der Waals surface area contributed by atoms with E-state index in [2.05, 4.69) is 27.9 Å². The van der Waals surface area contributed by atoms with E-state index >= 15 is 0 Å². The topological polar surface area (TPSA) is 96.6 Å². The maximum absolute atomic E-state index is 10.7. The van der Waals surface area contributed by atoms with Crippen molar-refractivity contribution in [3.63, 3.8) is 0 Å². The molecule has 3 aliphatic heterocycles. The zero-order chi connectivity index (χ0) is 23.8. The number of rotatable bonds is 2. The fraction of sp³-hybridized carbons (Fsp3) is 0.407. The van der Waals surface area contributed by atoms with E-state index in [0.717, 1.165) is 54.5 Å². The molecule has 2 aromatic rings. The third-order valence-electron chi connectivity index (χ3n) is 6.82. The van der Waals surface area contributed by atoms with Gasteiger partial charge in [0.05, 0.1) is 5.70 Å². The average Bonchev–Trinajstić information content (AvgIpc) is 3.32. The summed E-state index contributed by atoms with van der Waals surface area (Å²) in [6.45, 7) is 1.19. The minimum Gasteiger partial charge on any atom is -0.478 e. The molecule has 35 heavy (non-hydrogen) atoms.